The number of hydrogen-bond acceptors (Lipinski definition) is 6. The average molecular weight is 389 g/mol. The van der Waals surface area contributed by atoms with Crippen LogP contribution in [0.5, 0.6) is 11.5 Å². The van der Waals surface area contributed by atoms with E-state index in [-0.39, 0.29) is 22.1 Å². The number of methoxy groups -OCH3 is 1. The molecule has 1 heterocycles. The number of amides is 2. The highest BCUT2D eigenvalue weighted by Gasteiger charge is 2.43. The van der Waals surface area contributed by atoms with Gasteiger partial charge in [0.25, 0.3) is 11.8 Å². The molecule has 25 heavy (non-hydrogen) atoms. The molecule has 0 saturated carbocycles. The van der Waals surface area contributed by atoms with E-state index in [0.717, 1.165) is 0 Å². The van der Waals surface area contributed by atoms with Crippen molar-refractivity contribution in [1.82, 2.24) is 5.32 Å². The minimum atomic E-state index is -1.30. The van der Waals surface area contributed by atoms with Crippen molar-refractivity contribution in [2.45, 2.75) is 12.0 Å². The van der Waals surface area contributed by atoms with Crippen molar-refractivity contribution in [3.8, 4) is 11.5 Å². The van der Waals surface area contributed by atoms with Gasteiger partial charge in [-0.25, -0.2) is 4.79 Å². The summed E-state index contributed by atoms with van der Waals surface area (Å²) < 4.78 is 10.3. The Morgan fingerprint density at radius 3 is 2.68 bits per heavy atom. The lowest BCUT2D eigenvalue weighted by atomic mass is 9.98. The molecular formula is C15H17ClN2O6S. The normalized spacial score (nSPS) is 19.3. The third kappa shape index (κ3) is 4.29. The molecule has 2 rings (SSSR count). The molecule has 4 N–H and O–H groups in total. The van der Waals surface area contributed by atoms with Gasteiger partial charge in [-0.2, -0.15) is 11.8 Å². The number of halogens is 1. The quantitative estimate of drug-likeness (QED) is 0.633. The van der Waals surface area contributed by atoms with Crippen molar-refractivity contribution in [2.75, 3.05) is 25.2 Å². The molecule has 1 saturated heterocycles. The maximum Gasteiger partial charge on any atom is 0.330 e. The van der Waals surface area contributed by atoms with Crippen molar-refractivity contribution in [3.63, 3.8) is 0 Å². The number of thioether (sulfide) groups is 1. The third-order valence-corrected chi connectivity index (χ3v) is 5.10. The molecule has 1 fully saturated rings. The summed E-state index contributed by atoms with van der Waals surface area (Å²) in [5, 5.41) is 12.0. The van der Waals surface area contributed by atoms with Gasteiger partial charge >= 0.3 is 5.97 Å². The molecule has 1 unspecified atom stereocenters. The average Bonchev–Trinajstić information content (AvgIpc) is 3.02. The van der Waals surface area contributed by atoms with Crippen LogP contribution in [0.3, 0.4) is 0 Å². The summed E-state index contributed by atoms with van der Waals surface area (Å²) in [7, 11) is 1.34. The van der Waals surface area contributed by atoms with Gasteiger partial charge in [0, 0.05) is 11.3 Å². The number of carbonyl (C=O) groups excluding carboxylic acids is 2. The van der Waals surface area contributed by atoms with Gasteiger partial charge in [0.15, 0.2) is 18.1 Å². The van der Waals surface area contributed by atoms with Crippen LogP contribution in [0, 0.1) is 0 Å². The van der Waals surface area contributed by atoms with Crippen LogP contribution < -0.4 is 20.5 Å². The molecule has 1 aliphatic heterocycles. The Kier molecular flexibility index (Phi) is 6.02. The second kappa shape index (κ2) is 7.83. The number of hydrogen-bond donors (Lipinski definition) is 3. The number of primary amides is 1. The minimum Gasteiger partial charge on any atom is -0.493 e. The highest BCUT2D eigenvalue weighted by molar-refractivity contribution is 7.99. The molecule has 136 valence electrons. The number of carboxylic acid groups (broad SMARTS) is 1. The fourth-order valence-corrected chi connectivity index (χ4v) is 3.90. The molecule has 0 radical (unpaired) electrons. The zero-order chi connectivity index (χ0) is 18.6. The van der Waals surface area contributed by atoms with Crippen LogP contribution in [-0.4, -0.2) is 53.7 Å². The van der Waals surface area contributed by atoms with Gasteiger partial charge in [0.2, 0.25) is 0 Å². The first-order valence-corrected chi connectivity index (χ1v) is 8.74. The van der Waals surface area contributed by atoms with E-state index in [1.54, 1.807) is 0 Å². The fraction of sp³-hybridized carbons (Fsp3) is 0.400. The van der Waals surface area contributed by atoms with Crippen molar-refractivity contribution < 1.29 is 29.0 Å². The van der Waals surface area contributed by atoms with Gasteiger partial charge in [-0.05, 0) is 24.3 Å². The van der Waals surface area contributed by atoms with E-state index in [1.165, 1.54) is 31.0 Å². The predicted octanol–water partition coefficient (Wildman–Crippen LogP) is 0.903. The Hall–Kier alpha value is -2.13. The fourth-order valence-electron chi connectivity index (χ4n) is 2.31. The zero-order valence-electron chi connectivity index (χ0n) is 13.3. The summed E-state index contributed by atoms with van der Waals surface area (Å²) in [4.78, 5) is 34.9. The summed E-state index contributed by atoms with van der Waals surface area (Å²) >= 11 is 7.56. The predicted molar refractivity (Wildman–Crippen MR) is 92.5 cm³/mol. The van der Waals surface area contributed by atoms with Crippen LogP contribution in [0.4, 0.5) is 0 Å². The van der Waals surface area contributed by atoms with Crippen LogP contribution in [-0.2, 0) is 9.59 Å². The SMILES string of the molecule is COc1cc(C(=O)NC2(C(=O)O)CCSC2)cc(Cl)c1OCC(N)=O. The summed E-state index contributed by atoms with van der Waals surface area (Å²) in [5.74, 6) is -1.22. The van der Waals surface area contributed by atoms with E-state index in [1.807, 2.05) is 0 Å². The first kappa shape index (κ1) is 19.2. The second-order valence-corrected chi connectivity index (χ2v) is 6.90. The molecule has 1 atom stereocenters. The number of benzene rings is 1. The van der Waals surface area contributed by atoms with E-state index >= 15 is 0 Å². The molecule has 2 amide bonds. The molecule has 0 bridgehead atoms. The number of nitrogens with one attached hydrogen (secondary N) is 1. The first-order chi connectivity index (χ1) is 11.8. The molecular weight excluding hydrogens is 372 g/mol. The maximum absolute atomic E-state index is 12.5. The monoisotopic (exact) mass is 388 g/mol. The number of ether oxygens (including phenoxy) is 2. The van der Waals surface area contributed by atoms with Crippen LogP contribution >= 0.6 is 23.4 Å². The molecule has 1 aromatic rings. The van der Waals surface area contributed by atoms with Crippen LogP contribution in [0.1, 0.15) is 16.8 Å². The van der Waals surface area contributed by atoms with E-state index in [4.69, 9.17) is 26.8 Å². The topological polar surface area (TPSA) is 128 Å². The molecule has 10 heteroatoms. The standard InChI is InChI=1S/C15H17ClN2O6S/c1-23-10-5-8(4-9(16)12(10)24-6-11(17)19)13(20)18-15(14(21)22)2-3-25-7-15/h4-5H,2-3,6-7H2,1H3,(H2,17,19)(H,18,20)(H,21,22). The smallest absolute Gasteiger partial charge is 0.330 e. The lowest BCUT2D eigenvalue weighted by Crippen LogP contribution is -2.54. The third-order valence-electron chi connectivity index (χ3n) is 3.63. The summed E-state index contributed by atoms with van der Waals surface area (Å²) in [6.45, 7) is -0.402. The van der Waals surface area contributed by atoms with E-state index in [9.17, 15) is 19.5 Å². The van der Waals surface area contributed by atoms with Gasteiger partial charge < -0.3 is 25.6 Å². The molecule has 1 aliphatic rings. The Morgan fingerprint density at radius 2 is 2.16 bits per heavy atom. The number of carboxylic acids is 1. The zero-order valence-corrected chi connectivity index (χ0v) is 14.9. The van der Waals surface area contributed by atoms with E-state index in [0.29, 0.717) is 17.9 Å². The van der Waals surface area contributed by atoms with Gasteiger partial charge in [-0.3, -0.25) is 9.59 Å². The molecule has 8 nitrogen and oxygen atoms in total. The first-order valence-electron chi connectivity index (χ1n) is 7.21. The van der Waals surface area contributed by atoms with Crippen LogP contribution in [0.2, 0.25) is 5.02 Å². The van der Waals surface area contributed by atoms with Gasteiger partial charge in [-0.15, -0.1) is 0 Å². The Balaban J connectivity index is 2.26. The number of aliphatic carboxylic acids is 1. The largest absolute Gasteiger partial charge is 0.493 e. The minimum absolute atomic E-state index is 0.0379. The van der Waals surface area contributed by atoms with E-state index in [2.05, 4.69) is 5.32 Å². The lowest BCUT2D eigenvalue weighted by Gasteiger charge is -2.24. The number of nitrogens with two attached hydrogens (primary N) is 1. The van der Waals surface area contributed by atoms with Gasteiger partial charge in [-0.1, -0.05) is 11.6 Å². The van der Waals surface area contributed by atoms with E-state index < -0.39 is 29.9 Å². The van der Waals surface area contributed by atoms with Crippen LogP contribution in [0.25, 0.3) is 0 Å². The van der Waals surface area contributed by atoms with Gasteiger partial charge in [0.1, 0.15) is 5.54 Å². The summed E-state index contributed by atoms with van der Waals surface area (Å²) in [6.07, 6.45) is 0.337. The Labute approximate surface area is 153 Å². The number of carbonyl (C=O) groups is 3. The molecule has 1 aromatic carbocycles. The lowest BCUT2D eigenvalue weighted by molar-refractivity contribution is -0.143. The molecule has 0 spiro atoms. The van der Waals surface area contributed by atoms with Crippen LogP contribution in [0.15, 0.2) is 12.1 Å². The second-order valence-electron chi connectivity index (χ2n) is 5.39. The van der Waals surface area contributed by atoms with Crippen molar-refractivity contribution in [1.29, 1.82) is 0 Å². The van der Waals surface area contributed by atoms with Crippen molar-refractivity contribution in [3.05, 3.63) is 22.7 Å². The number of rotatable bonds is 7. The summed E-state index contributed by atoms with van der Waals surface area (Å²) in [6, 6.07) is 2.67. The van der Waals surface area contributed by atoms with Crippen molar-refractivity contribution in [2.24, 2.45) is 5.73 Å². The molecule has 0 aliphatic carbocycles. The highest BCUT2D eigenvalue weighted by atomic mass is 35.5. The Bertz CT molecular complexity index is 706. The highest BCUT2D eigenvalue weighted by Crippen LogP contribution is 2.37. The van der Waals surface area contributed by atoms with Crippen molar-refractivity contribution >= 4 is 41.1 Å². The maximum atomic E-state index is 12.5. The molecule has 0 aromatic heterocycles. The Morgan fingerprint density at radius 1 is 1.44 bits per heavy atom. The summed E-state index contributed by atoms with van der Waals surface area (Å²) in [5.41, 5.74) is 3.84. The van der Waals surface area contributed by atoms with Gasteiger partial charge in [0.05, 0.1) is 12.1 Å².